The number of hydrogen-bond donors (Lipinski definition) is 1. The SMILES string of the molecule is CCn1nnc2c(Nc3ccc(OC(F)(F)F)cc3)ncnc21. The molecule has 0 unspecified atom stereocenters. The van der Waals surface area contributed by atoms with Crippen LogP contribution in [0.3, 0.4) is 0 Å². The highest BCUT2D eigenvalue weighted by atomic mass is 19.4. The van der Waals surface area contributed by atoms with Crippen molar-refractivity contribution in [3.8, 4) is 5.75 Å². The zero-order valence-corrected chi connectivity index (χ0v) is 11.9. The third-order valence-corrected chi connectivity index (χ3v) is 2.95. The lowest BCUT2D eigenvalue weighted by Crippen LogP contribution is -2.16. The van der Waals surface area contributed by atoms with E-state index in [1.54, 1.807) is 4.68 Å². The number of nitrogens with zero attached hydrogens (tertiary/aromatic N) is 5. The molecular weight excluding hydrogens is 313 g/mol. The van der Waals surface area contributed by atoms with Crippen LogP contribution in [0, 0.1) is 0 Å². The molecule has 0 atom stereocenters. The minimum absolute atomic E-state index is 0.298. The second-order valence-corrected chi connectivity index (χ2v) is 4.50. The first kappa shape index (κ1) is 15.0. The van der Waals surface area contributed by atoms with Crippen molar-refractivity contribution in [2.24, 2.45) is 0 Å². The number of halogens is 3. The van der Waals surface area contributed by atoms with E-state index in [1.807, 2.05) is 6.92 Å². The Bertz CT molecular complexity index is 815. The molecule has 1 aromatic carbocycles. The van der Waals surface area contributed by atoms with Gasteiger partial charge in [0.05, 0.1) is 0 Å². The molecule has 0 fully saturated rings. The first-order valence-electron chi connectivity index (χ1n) is 6.63. The van der Waals surface area contributed by atoms with Crippen LogP contribution in [0.2, 0.25) is 0 Å². The van der Waals surface area contributed by atoms with Gasteiger partial charge in [-0.15, -0.1) is 18.3 Å². The van der Waals surface area contributed by atoms with Crippen molar-refractivity contribution in [2.75, 3.05) is 5.32 Å². The highest BCUT2D eigenvalue weighted by Gasteiger charge is 2.30. The average molecular weight is 324 g/mol. The number of hydrogen-bond acceptors (Lipinski definition) is 6. The standard InChI is InChI=1S/C13H11F3N6O/c1-2-22-12-10(20-21-22)11(17-7-18-12)19-8-3-5-9(6-4-8)23-13(14,15)16/h3-7H,2H2,1H3,(H,17,18,19). The van der Waals surface area contributed by atoms with Gasteiger partial charge in [-0.05, 0) is 31.2 Å². The van der Waals surface area contributed by atoms with Crippen molar-refractivity contribution >= 4 is 22.7 Å². The molecule has 0 aliphatic rings. The summed E-state index contributed by atoms with van der Waals surface area (Å²) >= 11 is 0. The van der Waals surface area contributed by atoms with Gasteiger partial charge in [-0.1, -0.05) is 5.21 Å². The number of anilines is 2. The minimum atomic E-state index is -4.72. The number of aromatic nitrogens is 5. The van der Waals surface area contributed by atoms with Gasteiger partial charge in [0, 0.05) is 12.2 Å². The fraction of sp³-hybridized carbons (Fsp3) is 0.231. The summed E-state index contributed by atoms with van der Waals surface area (Å²) < 4.78 is 41.8. The van der Waals surface area contributed by atoms with E-state index in [4.69, 9.17) is 0 Å². The van der Waals surface area contributed by atoms with Crippen molar-refractivity contribution < 1.29 is 17.9 Å². The van der Waals surface area contributed by atoms with Crippen LogP contribution in [0.25, 0.3) is 11.2 Å². The molecule has 23 heavy (non-hydrogen) atoms. The van der Waals surface area contributed by atoms with E-state index >= 15 is 0 Å². The topological polar surface area (TPSA) is 77.8 Å². The quantitative estimate of drug-likeness (QED) is 0.795. The summed E-state index contributed by atoms with van der Waals surface area (Å²) in [6.07, 6.45) is -3.35. The molecule has 1 N–H and O–H groups in total. The molecule has 0 saturated carbocycles. The molecule has 7 nitrogen and oxygen atoms in total. The van der Waals surface area contributed by atoms with E-state index in [0.29, 0.717) is 29.2 Å². The molecule has 3 rings (SSSR count). The highest BCUT2D eigenvalue weighted by Crippen LogP contribution is 2.26. The van der Waals surface area contributed by atoms with E-state index in [0.717, 1.165) is 0 Å². The highest BCUT2D eigenvalue weighted by molar-refractivity contribution is 5.84. The number of alkyl halides is 3. The Morgan fingerprint density at radius 1 is 1.17 bits per heavy atom. The Kier molecular flexibility index (Phi) is 3.72. The van der Waals surface area contributed by atoms with Crippen molar-refractivity contribution in [2.45, 2.75) is 19.8 Å². The number of aryl methyl sites for hydroxylation is 1. The molecule has 0 saturated heterocycles. The van der Waals surface area contributed by atoms with E-state index in [-0.39, 0.29) is 5.75 Å². The van der Waals surface area contributed by atoms with Crippen molar-refractivity contribution in [1.29, 1.82) is 0 Å². The fourth-order valence-corrected chi connectivity index (χ4v) is 1.97. The largest absolute Gasteiger partial charge is 0.573 e. The van der Waals surface area contributed by atoms with Crippen LogP contribution in [-0.2, 0) is 6.54 Å². The van der Waals surface area contributed by atoms with Crippen LogP contribution in [-0.4, -0.2) is 31.3 Å². The predicted molar refractivity (Wildman–Crippen MR) is 75.2 cm³/mol. The van der Waals surface area contributed by atoms with Gasteiger partial charge in [0.25, 0.3) is 0 Å². The maximum absolute atomic E-state index is 12.1. The Morgan fingerprint density at radius 2 is 1.91 bits per heavy atom. The van der Waals surface area contributed by atoms with E-state index in [9.17, 15) is 13.2 Å². The summed E-state index contributed by atoms with van der Waals surface area (Å²) in [5, 5.41) is 10.9. The summed E-state index contributed by atoms with van der Waals surface area (Å²) in [5.41, 5.74) is 1.58. The first-order chi connectivity index (χ1) is 11.0. The number of fused-ring (bicyclic) bond motifs is 1. The van der Waals surface area contributed by atoms with E-state index in [2.05, 4.69) is 30.3 Å². The number of benzene rings is 1. The van der Waals surface area contributed by atoms with Gasteiger partial charge in [-0.2, -0.15) is 0 Å². The monoisotopic (exact) mass is 324 g/mol. The summed E-state index contributed by atoms with van der Waals surface area (Å²) in [5.74, 6) is 0.118. The van der Waals surface area contributed by atoms with Crippen molar-refractivity contribution in [3.63, 3.8) is 0 Å². The number of rotatable bonds is 4. The van der Waals surface area contributed by atoms with Gasteiger partial charge in [0.15, 0.2) is 17.0 Å². The average Bonchev–Trinajstić information content (AvgIpc) is 2.92. The van der Waals surface area contributed by atoms with Crippen molar-refractivity contribution in [1.82, 2.24) is 25.0 Å². The molecule has 2 heterocycles. The fourth-order valence-electron chi connectivity index (χ4n) is 1.97. The molecule has 0 amide bonds. The van der Waals surface area contributed by atoms with E-state index in [1.165, 1.54) is 30.6 Å². The van der Waals surface area contributed by atoms with Crippen molar-refractivity contribution in [3.05, 3.63) is 30.6 Å². The van der Waals surface area contributed by atoms with Crippen LogP contribution in [0.5, 0.6) is 5.75 Å². The normalized spacial score (nSPS) is 11.7. The Hall–Kier alpha value is -2.91. The van der Waals surface area contributed by atoms with Crippen LogP contribution >= 0.6 is 0 Å². The predicted octanol–water partition coefficient (Wildman–Crippen LogP) is 2.88. The van der Waals surface area contributed by atoms with Crippen LogP contribution in [0.1, 0.15) is 6.92 Å². The van der Waals surface area contributed by atoms with Gasteiger partial charge in [0.1, 0.15) is 12.1 Å². The molecule has 2 aromatic heterocycles. The molecule has 0 radical (unpaired) electrons. The summed E-state index contributed by atoms with van der Waals surface area (Å²) in [6.45, 7) is 2.51. The van der Waals surface area contributed by atoms with Crippen LogP contribution < -0.4 is 10.1 Å². The lowest BCUT2D eigenvalue weighted by Gasteiger charge is -2.10. The van der Waals surface area contributed by atoms with Crippen LogP contribution in [0.15, 0.2) is 30.6 Å². The van der Waals surface area contributed by atoms with Gasteiger partial charge in [0.2, 0.25) is 0 Å². The Morgan fingerprint density at radius 3 is 2.57 bits per heavy atom. The number of ether oxygens (including phenoxy) is 1. The summed E-state index contributed by atoms with van der Waals surface area (Å²) in [6, 6.07) is 5.30. The Balaban J connectivity index is 1.83. The molecule has 10 heteroatoms. The molecular formula is C13H11F3N6O. The smallest absolute Gasteiger partial charge is 0.406 e. The molecule has 3 aromatic rings. The maximum Gasteiger partial charge on any atom is 0.573 e. The Labute approximate surface area is 128 Å². The van der Waals surface area contributed by atoms with Gasteiger partial charge in [-0.25, -0.2) is 14.6 Å². The zero-order valence-electron chi connectivity index (χ0n) is 11.9. The minimum Gasteiger partial charge on any atom is -0.406 e. The maximum atomic E-state index is 12.1. The van der Waals surface area contributed by atoms with Gasteiger partial charge < -0.3 is 10.1 Å². The lowest BCUT2D eigenvalue weighted by molar-refractivity contribution is -0.274. The third-order valence-electron chi connectivity index (χ3n) is 2.95. The van der Waals surface area contributed by atoms with Crippen LogP contribution in [0.4, 0.5) is 24.7 Å². The summed E-state index contributed by atoms with van der Waals surface area (Å²) in [4.78, 5) is 8.19. The molecule has 120 valence electrons. The zero-order chi connectivity index (χ0) is 16.4. The van der Waals surface area contributed by atoms with Gasteiger partial charge in [-0.3, -0.25) is 0 Å². The second-order valence-electron chi connectivity index (χ2n) is 4.50. The van der Waals surface area contributed by atoms with E-state index < -0.39 is 6.36 Å². The molecule has 0 spiro atoms. The molecule has 0 aliphatic heterocycles. The lowest BCUT2D eigenvalue weighted by atomic mass is 10.3. The molecule has 0 bridgehead atoms. The second kappa shape index (κ2) is 5.71. The summed E-state index contributed by atoms with van der Waals surface area (Å²) in [7, 11) is 0. The number of nitrogens with one attached hydrogen (secondary N) is 1. The third kappa shape index (κ3) is 3.30. The first-order valence-corrected chi connectivity index (χ1v) is 6.63. The van der Waals surface area contributed by atoms with Gasteiger partial charge >= 0.3 is 6.36 Å². The molecule has 0 aliphatic carbocycles.